The molecule has 1 heterocycles. The molecule has 29 heavy (non-hydrogen) atoms. The second-order valence-electron chi connectivity index (χ2n) is 7.31. The average Bonchev–Trinajstić information content (AvgIpc) is 2.72. The van der Waals surface area contributed by atoms with Crippen LogP contribution in [0.2, 0.25) is 5.02 Å². The summed E-state index contributed by atoms with van der Waals surface area (Å²) in [6.45, 7) is 3.55. The molecule has 0 spiro atoms. The Morgan fingerprint density at radius 3 is 2.48 bits per heavy atom. The highest BCUT2D eigenvalue weighted by Gasteiger charge is 2.26. The summed E-state index contributed by atoms with van der Waals surface area (Å²) >= 11 is 6.37. The Kier molecular flexibility index (Phi) is 6.39. The largest absolute Gasteiger partial charge is 0.497 e. The van der Waals surface area contributed by atoms with Crippen molar-refractivity contribution >= 4 is 33.2 Å². The lowest BCUT2D eigenvalue weighted by Crippen LogP contribution is -2.39. The maximum absolute atomic E-state index is 12.9. The number of methoxy groups -OCH3 is 1. The van der Waals surface area contributed by atoms with Crippen molar-refractivity contribution in [2.75, 3.05) is 31.6 Å². The van der Waals surface area contributed by atoms with E-state index >= 15 is 0 Å². The molecule has 156 valence electrons. The molecule has 1 amide bonds. The van der Waals surface area contributed by atoms with E-state index in [9.17, 15) is 13.2 Å². The predicted molar refractivity (Wildman–Crippen MR) is 114 cm³/mol. The Bertz CT molecular complexity index is 992. The Morgan fingerprint density at radius 1 is 1.21 bits per heavy atom. The smallest absolute Gasteiger partial charge is 0.264 e. The van der Waals surface area contributed by atoms with Crippen molar-refractivity contribution in [3.8, 4) is 5.75 Å². The summed E-state index contributed by atoms with van der Waals surface area (Å²) in [4.78, 5) is 14.8. The van der Waals surface area contributed by atoms with E-state index in [1.165, 1.54) is 32.4 Å². The minimum Gasteiger partial charge on any atom is -0.497 e. The van der Waals surface area contributed by atoms with Gasteiger partial charge in [0.1, 0.15) is 5.75 Å². The second-order valence-corrected chi connectivity index (χ2v) is 9.69. The van der Waals surface area contributed by atoms with E-state index in [-0.39, 0.29) is 15.8 Å². The van der Waals surface area contributed by atoms with Gasteiger partial charge in [-0.25, -0.2) is 8.42 Å². The number of piperidine rings is 1. The van der Waals surface area contributed by atoms with E-state index in [1.54, 1.807) is 24.3 Å². The highest BCUT2D eigenvalue weighted by Crippen LogP contribution is 2.29. The second kappa shape index (κ2) is 8.63. The van der Waals surface area contributed by atoms with Crippen LogP contribution in [0, 0.1) is 5.92 Å². The molecule has 0 radical (unpaired) electrons. The fraction of sp³-hybridized carbons (Fsp3) is 0.381. The minimum atomic E-state index is -3.77. The molecule has 1 saturated heterocycles. The van der Waals surface area contributed by atoms with Crippen molar-refractivity contribution in [2.24, 2.45) is 5.92 Å². The van der Waals surface area contributed by atoms with Crippen molar-refractivity contribution in [1.82, 2.24) is 4.90 Å². The van der Waals surface area contributed by atoms with E-state index in [0.29, 0.717) is 36.0 Å². The maximum Gasteiger partial charge on any atom is 0.264 e. The third kappa shape index (κ3) is 4.51. The zero-order valence-electron chi connectivity index (χ0n) is 16.8. The van der Waals surface area contributed by atoms with Crippen LogP contribution >= 0.6 is 11.6 Å². The van der Waals surface area contributed by atoms with Gasteiger partial charge in [-0.2, -0.15) is 0 Å². The Balaban J connectivity index is 1.83. The summed E-state index contributed by atoms with van der Waals surface area (Å²) in [6, 6.07) is 10.9. The summed E-state index contributed by atoms with van der Waals surface area (Å²) in [6.07, 6.45) is 2.09. The summed E-state index contributed by atoms with van der Waals surface area (Å²) < 4.78 is 32.0. The molecule has 0 aromatic heterocycles. The van der Waals surface area contributed by atoms with Crippen molar-refractivity contribution in [3.05, 3.63) is 53.1 Å². The lowest BCUT2D eigenvalue weighted by Gasteiger charge is -2.31. The number of rotatable bonds is 5. The molecule has 3 rings (SSSR count). The van der Waals surface area contributed by atoms with Gasteiger partial charge in [-0.1, -0.05) is 18.5 Å². The van der Waals surface area contributed by atoms with Gasteiger partial charge in [0.15, 0.2) is 0 Å². The number of halogens is 1. The van der Waals surface area contributed by atoms with Crippen LogP contribution in [0.4, 0.5) is 5.69 Å². The molecule has 0 bridgehead atoms. The Hall–Kier alpha value is -2.25. The van der Waals surface area contributed by atoms with Gasteiger partial charge in [0.2, 0.25) is 0 Å². The lowest BCUT2D eigenvalue weighted by molar-refractivity contribution is 0.0683. The van der Waals surface area contributed by atoms with E-state index in [2.05, 4.69) is 6.92 Å². The monoisotopic (exact) mass is 436 g/mol. The normalized spacial score (nSPS) is 17.1. The van der Waals surface area contributed by atoms with Crippen LogP contribution in [-0.4, -0.2) is 46.5 Å². The first-order valence-corrected chi connectivity index (χ1v) is 11.3. The van der Waals surface area contributed by atoms with Crippen LogP contribution in [-0.2, 0) is 10.0 Å². The Labute approximate surface area is 177 Å². The van der Waals surface area contributed by atoms with E-state index in [1.807, 2.05) is 4.90 Å². The number of ether oxygens (including phenoxy) is 1. The van der Waals surface area contributed by atoms with Gasteiger partial charge in [-0.05, 0) is 61.2 Å². The molecule has 6 nitrogen and oxygen atoms in total. The van der Waals surface area contributed by atoms with Gasteiger partial charge in [-0.3, -0.25) is 9.10 Å². The predicted octanol–water partition coefficient (Wildman–Crippen LogP) is 4.05. The zero-order chi connectivity index (χ0) is 21.2. The molecular formula is C21H25ClN2O4S. The molecular weight excluding hydrogens is 412 g/mol. The standard InChI is InChI=1S/C21H25ClN2O4S/c1-15-5-4-12-24(14-15)21(25)19-11-6-16(13-20(19)22)23(2)29(26,27)18-9-7-17(28-3)8-10-18/h6-11,13,15H,4-5,12,14H2,1-3H3/t15-/m1/s1. The quantitative estimate of drug-likeness (QED) is 0.709. The van der Waals surface area contributed by atoms with Crippen LogP contribution in [0.5, 0.6) is 5.75 Å². The number of amides is 1. The number of likely N-dealkylation sites (tertiary alicyclic amines) is 1. The van der Waals surface area contributed by atoms with Crippen molar-refractivity contribution in [2.45, 2.75) is 24.7 Å². The summed E-state index contributed by atoms with van der Waals surface area (Å²) in [5.41, 5.74) is 0.772. The van der Waals surface area contributed by atoms with Crippen molar-refractivity contribution < 1.29 is 17.9 Å². The Morgan fingerprint density at radius 2 is 1.90 bits per heavy atom. The van der Waals surface area contributed by atoms with Crippen LogP contribution in [0.1, 0.15) is 30.1 Å². The number of hydrogen-bond donors (Lipinski definition) is 0. The van der Waals surface area contributed by atoms with E-state index in [0.717, 1.165) is 17.1 Å². The maximum atomic E-state index is 12.9. The molecule has 1 aliphatic rings. The third-order valence-electron chi connectivity index (χ3n) is 5.21. The number of carbonyl (C=O) groups is 1. The van der Waals surface area contributed by atoms with Crippen LogP contribution in [0.25, 0.3) is 0 Å². The first-order valence-electron chi connectivity index (χ1n) is 9.46. The van der Waals surface area contributed by atoms with E-state index < -0.39 is 10.0 Å². The number of carbonyl (C=O) groups excluding carboxylic acids is 1. The first-order chi connectivity index (χ1) is 13.7. The summed E-state index contributed by atoms with van der Waals surface area (Å²) in [7, 11) is -0.795. The van der Waals surface area contributed by atoms with Gasteiger partial charge < -0.3 is 9.64 Å². The number of hydrogen-bond acceptors (Lipinski definition) is 4. The summed E-state index contributed by atoms with van der Waals surface area (Å²) in [5.74, 6) is 0.921. The molecule has 0 unspecified atom stereocenters. The van der Waals surface area contributed by atoms with Crippen LogP contribution < -0.4 is 9.04 Å². The zero-order valence-corrected chi connectivity index (χ0v) is 18.3. The SMILES string of the molecule is COc1ccc(S(=O)(=O)N(C)c2ccc(C(=O)N3CCC[C@@H](C)C3)c(Cl)c2)cc1. The minimum absolute atomic E-state index is 0.117. The molecule has 1 fully saturated rings. The molecule has 8 heteroatoms. The highest BCUT2D eigenvalue weighted by atomic mass is 35.5. The molecule has 1 atom stereocenters. The van der Waals surface area contributed by atoms with Gasteiger partial charge in [0, 0.05) is 20.1 Å². The van der Waals surface area contributed by atoms with Gasteiger partial charge in [0.25, 0.3) is 15.9 Å². The topological polar surface area (TPSA) is 66.9 Å². The molecule has 2 aromatic rings. The molecule has 0 N–H and O–H groups in total. The van der Waals surface area contributed by atoms with Crippen LogP contribution in [0.15, 0.2) is 47.4 Å². The number of anilines is 1. The first kappa shape index (κ1) is 21.5. The van der Waals surface area contributed by atoms with Crippen LogP contribution in [0.3, 0.4) is 0 Å². The van der Waals surface area contributed by atoms with Crippen molar-refractivity contribution in [1.29, 1.82) is 0 Å². The van der Waals surface area contributed by atoms with Gasteiger partial charge in [-0.15, -0.1) is 0 Å². The van der Waals surface area contributed by atoms with Gasteiger partial charge in [0.05, 0.1) is 28.3 Å². The number of benzene rings is 2. The van der Waals surface area contributed by atoms with Gasteiger partial charge >= 0.3 is 0 Å². The fourth-order valence-corrected chi connectivity index (χ4v) is 4.91. The molecule has 1 aliphatic heterocycles. The van der Waals surface area contributed by atoms with Crippen molar-refractivity contribution in [3.63, 3.8) is 0 Å². The third-order valence-corrected chi connectivity index (χ3v) is 7.32. The molecule has 0 saturated carbocycles. The number of sulfonamides is 1. The van der Waals surface area contributed by atoms with E-state index in [4.69, 9.17) is 16.3 Å². The highest BCUT2D eigenvalue weighted by molar-refractivity contribution is 7.92. The number of nitrogens with zero attached hydrogens (tertiary/aromatic N) is 2. The molecule has 2 aromatic carbocycles. The fourth-order valence-electron chi connectivity index (χ4n) is 3.46. The average molecular weight is 437 g/mol. The molecule has 0 aliphatic carbocycles. The summed E-state index contributed by atoms with van der Waals surface area (Å²) in [5, 5.41) is 0.238. The lowest BCUT2D eigenvalue weighted by atomic mass is 9.99.